The van der Waals surface area contributed by atoms with Crippen molar-refractivity contribution in [1.29, 1.82) is 0 Å². The maximum absolute atomic E-state index is 12.4. The summed E-state index contributed by atoms with van der Waals surface area (Å²) < 4.78 is 10.7. The number of phenolic OH excluding ortho intramolecular Hbond substituents is 1. The molecule has 1 aromatic carbocycles. The van der Waals surface area contributed by atoms with E-state index in [1.165, 1.54) is 83.8 Å². The largest absolute Gasteiger partial charge is 0.504 e. The van der Waals surface area contributed by atoms with Crippen LogP contribution in [0.25, 0.3) is 6.08 Å². The van der Waals surface area contributed by atoms with Gasteiger partial charge < -0.3 is 14.6 Å². The molecule has 0 saturated heterocycles. The van der Waals surface area contributed by atoms with Crippen LogP contribution in [0.1, 0.15) is 111 Å². The zero-order valence-corrected chi connectivity index (χ0v) is 27.2. The number of allylic oxidation sites excluding steroid dienone is 2. The number of fused-ring (bicyclic) bond motifs is 5. The van der Waals surface area contributed by atoms with E-state index in [0.717, 1.165) is 35.2 Å². The Balaban J connectivity index is 1.10. The summed E-state index contributed by atoms with van der Waals surface area (Å²) in [5, 5.41) is 9.76. The van der Waals surface area contributed by atoms with Crippen molar-refractivity contribution < 1.29 is 19.4 Å². The van der Waals surface area contributed by atoms with Gasteiger partial charge in [0.1, 0.15) is 0 Å². The summed E-state index contributed by atoms with van der Waals surface area (Å²) in [7, 11) is 1.51. The molecule has 1 N–H and O–H groups in total. The highest BCUT2D eigenvalue weighted by molar-refractivity contribution is 5.87. The third-order valence-corrected chi connectivity index (χ3v) is 12.9. The van der Waals surface area contributed by atoms with Crippen molar-refractivity contribution in [3.63, 3.8) is 0 Å². The molecule has 3 fully saturated rings. The molecule has 42 heavy (non-hydrogen) atoms. The third kappa shape index (κ3) is 6.06. The lowest BCUT2D eigenvalue weighted by Crippen LogP contribution is -2.48. The minimum Gasteiger partial charge on any atom is -0.504 e. The lowest BCUT2D eigenvalue weighted by atomic mass is 9.48. The van der Waals surface area contributed by atoms with Gasteiger partial charge in [-0.05, 0) is 121 Å². The maximum Gasteiger partial charge on any atom is 0.330 e. The van der Waals surface area contributed by atoms with E-state index in [1.54, 1.807) is 24.3 Å². The van der Waals surface area contributed by atoms with Crippen LogP contribution in [0.3, 0.4) is 0 Å². The zero-order valence-electron chi connectivity index (χ0n) is 27.2. The highest BCUT2D eigenvalue weighted by Crippen LogP contribution is 2.67. The van der Waals surface area contributed by atoms with Crippen LogP contribution in [0.2, 0.25) is 0 Å². The molecular formula is C38H56O4. The number of rotatable bonds is 10. The van der Waals surface area contributed by atoms with Crippen LogP contribution in [0.15, 0.2) is 35.9 Å². The summed E-state index contributed by atoms with van der Waals surface area (Å²) in [6.45, 7) is 12.8. The molecule has 5 rings (SSSR count). The van der Waals surface area contributed by atoms with E-state index in [1.807, 2.05) is 5.57 Å². The van der Waals surface area contributed by atoms with E-state index in [4.69, 9.17) is 9.47 Å². The fourth-order valence-electron chi connectivity index (χ4n) is 9.92. The molecule has 0 bridgehead atoms. The second-order valence-electron chi connectivity index (χ2n) is 15.1. The minimum atomic E-state index is -0.333. The van der Waals surface area contributed by atoms with Gasteiger partial charge in [0.05, 0.1) is 13.7 Å². The van der Waals surface area contributed by atoms with Gasteiger partial charge in [0.25, 0.3) is 0 Å². The van der Waals surface area contributed by atoms with Crippen molar-refractivity contribution in [3.05, 3.63) is 41.5 Å². The van der Waals surface area contributed by atoms with Gasteiger partial charge >= 0.3 is 5.97 Å². The van der Waals surface area contributed by atoms with Crippen LogP contribution < -0.4 is 4.74 Å². The number of hydrogen-bond donors (Lipinski definition) is 1. The lowest BCUT2D eigenvalue weighted by molar-refractivity contribution is -0.139. The van der Waals surface area contributed by atoms with Crippen molar-refractivity contribution in [2.45, 2.75) is 105 Å². The van der Waals surface area contributed by atoms with Crippen LogP contribution in [-0.2, 0) is 9.53 Å². The van der Waals surface area contributed by atoms with Crippen LogP contribution in [-0.4, -0.2) is 24.8 Å². The highest BCUT2D eigenvalue weighted by atomic mass is 16.5. The number of esters is 1. The number of hydrogen-bond acceptors (Lipinski definition) is 4. The second kappa shape index (κ2) is 12.8. The van der Waals surface area contributed by atoms with Gasteiger partial charge in [0.15, 0.2) is 11.5 Å². The molecule has 4 nitrogen and oxygen atoms in total. The maximum atomic E-state index is 12.4. The molecule has 4 heteroatoms. The topological polar surface area (TPSA) is 55.8 Å². The molecule has 1 aromatic rings. The number of aromatic hydroxyl groups is 1. The molecule has 0 spiro atoms. The number of methoxy groups -OCH3 is 1. The molecule has 9 atom stereocenters. The van der Waals surface area contributed by atoms with Crippen LogP contribution in [0.4, 0.5) is 0 Å². The smallest absolute Gasteiger partial charge is 0.330 e. The second-order valence-corrected chi connectivity index (χ2v) is 15.1. The zero-order chi connectivity index (χ0) is 30.1. The summed E-state index contributed by atoms with van der Waals surface area (Å²) in [4.78, 5) is 12.4. The Labute approximate surface area is 255 Å². The van der Waals surface area contributed by atoms with E-state index in [2.05, 4.69) is 40.7 Å². The molecule has 0 radical (unpaired) electrons. The SMILES string of the molecule is COc1cc(/C=C/C(=O)OCC(C)[C@H](C)CC[C@@H](C)[C@H]2CC[C@H]3C4=CCC5CCCC[C@]5(C)[C@H]4CC[C@]23C)ccc1O. The highest BCUT2D eigenvalue weighted by Gasteiger charge is 2.57. The van der Waals surface area contributed by atoms with Crippen molar-refractivity contribution in [3.8, 4) is 11.5 Å². The van der Waals surface area contributed by atoms with Gasteiger partial charge in [-0.1, -0.05) is 78.0 Å². The first-order valence-corrected chi connectivity index (χ1v) is 17.0. The first-order valence-electron chi connectivity index (χ1n) is 17.0. The number of ether oxygens (including phenoxy) is 2. The number of carbonyl (C=O) groups is 1. The monoisotopic (exact) mass is 576 g/mol. The van der Waals surface area contributed by atoms with Crippen molar-refractivity contribution in [1.82, 2.24) is 0 Å². The molecule has 2 unspecified atom stereocenters. The summed E-state index contributed by atoms with van der Waals surface area (Å²) >= 11 is 0. The minimum absolute atomic E-state index is 0.0805. The Bertz CT molecular complexity index is 1170. The Hall–Kier alpha value is -2.23. The average Bonchev–Trinajstić information content (AvgIpc) is 3.35. The van der Waals surface area contributed by atoms with Gasteiger partial charge in [0.2, 0.25) is 0 Å². The Kier molecular flexibility index (Phi) is 9.50. The lowest BCUT2D eigenvalue weighted by Gasteiger charge is -2.57. The average molecular weight is 577 g/mol. The van der Waals surface area contributed by atoms with E-state index < -0.39 is 0 Å². The Morgan fingerprint density at radius 3 is 2.57 bits per heavy atom. The fraction of sp³-hybridized carbons (Fsp3) is 0.711. The van der Waals surface area contributed by atoms with Crippen molar-refractivity contribution in [2.24, 2.45) is 52.3 Å². The molecule has 0 heterocycles. The number of carbonyl (C=O) groups excluding carboxylic acids is 1. The van der Waals surface area contributed by atoms with Gasteiger partial charge in [-0.2, -0.15) is 0 Å². The molecule has 4 aliphatic rings. The van der Waals surface area contributed by atoms with E-state index in [0.29, 0.717) is 35.0 Å². The number of benzene rings is 1. The van der Waals surface area contributed by atoms with E-state index >= 15 is 0 Å². The molecule has 232 valence electrons. The summed E-state index contributed by atoms with van der Waals surface area (Å²) in [5.74, 6) is 5.13. The summed E-state index contributed by atoms with van der Waals surface area (Å²) in [6, 6.07) is 5.00. The van der Waals surface area contributed by atoms with Crippen molar-refractivity contribution >= 4 is 12.0 Å². The van der Waals surface area contributed by atoms with E-state index in [9.17, 15) is 9.90 Å². The molecule has 3 saturated carbocycles. The first kappa shape index (κ1) is 31.2. The fourth-order valence-corrected chi connectivity index (χ4v) is 9.92. The van der Waals surface area contributed by atoms with Crippen LogP contribution in [0, 0.1) is 52.3 Å². The first-order chi connectivity index (χ1) is 20.1. The third-order valence-electron chi connectivity index (χ3n) is 12.9. The van der Waals surface area contributed by atoms with Gasteiger partial charge in [-0.3, -0.25) is 0 Å². The molecular weight excluding hydrogens is 520 g/mol. The molecule has 0 aromatic heterocycles. The predicted molar refractivity (Wildman–Crippen MR) is 171 cm³/mol. The summed E-state index contributed by atoms with van der Waals surface area (Å²) in [6.07, 6.45) is 21.1. The van der Waals surface area contributed by atoms with Crippen LogP contribution in [0.5, 0.6) is 11.5 Å². The summed E-state index contributed by atoms with van der Waals surface area (Å²) in [5.41, 5.74) is 3.71. The predicted octanol–water partition coefficient (Wildman–Crippen LogP) is 9.61. The quantitative estimate of drug-likeness (QED) is 0.171. The van der Waals surface area contributed by atoms with Gasteiger partial charge in [0, 0.05) is 6.08 Å². The molecule has 0 aliphatic heterocycles. The van der Waals surface area contributed by atoms with Crippen molar-refractivity contribution in [2.75, 3.05) is 13.7 Å². The molecule has 4 aliphatic carbocycles. The molecule has 0 amide bonds. The van der Waals surface area contributed by atoms with E-state index in [-0.39, 0.29) is 11.7 Å². The van der Waals surface area contributed by atoms with Gasteiger partial charge in [-0.25, -0.2) is 4.79 Å². The number of phenols is 1. The standard InChI is InChI=1S/C38H56O4/c1-25(27(3)24-42-36(40)19-13-28-12-18-34(39)35(23-28)41-6)10-11-26(2)31-16-17-32-30-15-14-29-9-7-8-21-37(29,4)33(30)20-22-38(31,32)5/h12-13,15,18-19,23,25-27,29,31-33,39H,7-11,14,16-17,20-22,24H2,1-6H3/b19-13+/t25-,26-,27?,29?,31-,32+,33+,37+,38-/m1/s1. The van der Waals surface area contributed by atoms with Gasteiger partial charge in [-0.15, -0.1) is 0 Å². The van der Waals surface area contributed by atoms with Crippen LogP contribution >= 0.6 is 0 Å². The Morgan fingerprint density at radius 1 is 1.00 bits per heavy atom. The normalized spacial score (nSPS) is 34.5. The Morgan fingerprint density at radius 2 is 1.79 bits per heavy atom.